The Balaban J connectivity index is 1.93. The Morgan fingerprint density at radius 3 is 2.38 bits per heavy atom. The second kappa shape index (κ2) is 9.10. The fraction of sp³-hybridized carbons (Fsp3) is 0.250. The second-order valence-electron chi connectivity index (χ2n) is 6.27. The molecule has 0 atom stereocenters. The first-order chi connectivity index (χ1) is 12.3. The van der Waals surface area contributed by atoms with Crippen molar-refractivity contribution in [2.45, 2.75) is 20.8 Å². The topological polar surface area (TPSA) is 67.4 Å². The summed E-state index contributed by atoms with van der Waals surface area (Å²) in [4.78, 5) is 23.7. The van der Waals surface area contributed by atoms with Crippen LogP contribution in [0.5, 0.6) is 5.75 Å². The van der Waals surface area contributed by atoms with E-state index in [1.54, 1.807) is 48.5 Å². The summed E-state index contributed by atoms with van der Waals surface area (Å²) >= 11 is 5.16. The summed E-state index contributed by atoms with van der Waals surface area (Å²) in [5.41, 5.74) is 1.69. The Labute approximate surface area is 158 Å². The van der Waals surface area contributed by atoms with Crippen molar-refractivity contribution in [3.05, 3.63) is 59.7 Å². The van der Waals surface area contributed by atoms with Crippen molar-refractivity contribution in [1.82, 2.24) is 5.32 Å². The molecule has 0 fully saturated rings. The second-order valence-corrected chi connectivity index (χ2v) is 6.68. The number of carbonyl (C=O) groups excluding carboxylic acids is 2. The van der Waals surface area contributed by atoms with E-state index in [0.717, 1.165) is 5.75 Å². The molecule has 0 saturated heterocycles. The molecule has 2 aromatic rings. The molecule has 0 aliphatic heterocycles. The minimum absolute atomic E-state index is 0.0385. The molecule has 26 heavy (non-hydrogen) atoms. The van der Waals surface area contributed by atoms with Crippen LogP contribution < -0.4 is 15.4 Å². The van der Waals surface area contributed by atoms with Crippen LogP contribution in [0.1, 0.15) is 41.5 Å². The molecular formula is C20H22N2O3S. The van der Waals surface area contributed by atoms with Crippen LogP contribution in [0.2, 0.25) is 0 Å². The van der Waals surface area contributed by atoms with Gasteiger partial charge in [0.05, 0.1) is 6.61 Å². The molecule has 136 valence electrons. The van der Waals surface area contributed by atoms with Crippen LogP contribution in [0, 0.1) is 5.92 Å². The monoisotopic (exact) mass is 370 g/mol. The number of nitrogens with one attached hydrogen (secondary N) is 2. The lowest BCUT2D eigenvalue weighted by molar-refractivity contribution is 0.0975. The zero-order valence-corrected chi connectivity index (χ0v) is 15.9. The third-order valence-electron chi connectivity index (χ3n) is 3.45. The lowest BCUT2D eigenvalue weighted by Gasteiger charge is -2.11. The minimum atomic E-state index is -0.319. The van der Waals surface area contributed by atoms with E-state index in [1.807, 2.05) is 0 Å². The minimum Gasteiger partial charge on any atom is -0.493 e. The molecule has 2 aromatic carbocycles. The number of rotatable bonds is 6. The predicted molar refractivity (Wildman–Crippen MR) is 107 cm³/mol. The summed E-state index contributed by atoms with van der Waals surface area (Å²) in [6.45, 7) is 6.26. The highest BCUT2D eigenvalue weighted by molar-refractivity contribution is 7.80. The van der Waals surface area contributed by atoms with Crippen molar-refractivity contribution in [2.75, 3.05) is 11.9 Å². The van der Waals surface area contributed by atoms with Gasteiger partial charge in [-0.3, -0.25) is 14.9 Å². The van der Waals surface area contributed by atoms with E-state index >= 15 is 0 Å². The molecule has 0 saturated carbocycles. The number of benzene rings is 2. The Hall–Kier alpha value is -2.73. The van der Waals surface area contributed by atoms with E-state index < -0.39 is 0 Å². The summed E-state index contributed by atoms with van der Waals surface area (Å²) in [7, 11) is 0. The van der Waals surface area contributed by atoms with Crippen molar-refractivity contribution in [1.29, 1.82) is 0 Å². The molecule has 0 aromatic heterocycles. The SMILES string of the molecule is CC(=O)c1cccc(NC(=S)NC(=O)c2ccc(OCC(C)C)cc2)c1. The van der Waals surface area contributed by atoms with E-state index in [9.17, 15) is 9.59 Å². The number of hydrogen-bond acceptors (Lipinski definition) is 4. The summed E-state index contributed by atoms with van der Waals surface area (Å²) in [6, 6.07) is 13.8. The molecule has 0 bridgehead atoms. The average Bonchev–Trinajstić information content (AvgIpc) is 2.60. The zero-order valence-electron chi connectivity index (χ0n) is 15.0. The van der Waals surface area contributed by atoms with E-state index in [0.29, 0.717) is 29.3 Å². The van der Waals surface area contributed by atoms with E-state index in [4.69, 9.17) is 17.0 Å². The predicted octanol–water partition coefficient (Wildman–Crippen LogP) is 4.05. The molecule has 0 heterocycles. The quantitative estimate of drug-likeness (QED) is 0.593. The number of amides is 1. The standard InChI is InChI=1S/C20H22N2O3S/c1-13(2)12-25-18-9-7-15(8-10-18)19(24)22-20(26)21-17-6-4-5-16(11-17)14(3)23/h4-11,13H,12H2,1-3H3,(H2,21,22,24,26). The molecule has 5 nitrogen and oxygen atoms in total. The molecule has 0 spiro atoms. The van der Waals surface area contributed by atoms with Crippen LogP contribution in [-0.2, 0) is 0 Å². The van der Waals surface area contributed by atoms with Crippen molar-refractivity contribution < 1.29 is 14.3 Å². The van der Waals surface area contributed by atoms with Gasteiger partial charge in [-0.1, -0.05) is 26.0 Å². The number of ketones is 1. The maximum absolute atomic E-state index is 12.3. The van der Waals surface area contributed by atoms with Crippen LogP contribution in [0.25, 0.3) is 0 Å². The molecule has 0 aliphatic rings. The van der Waals surface area contributed by atoms with Crippen LogP contribution >= 0.6 is 12.2 Å². The molecule has 0 aliphatic carbocycles. The van der Waals surface area contributed by atoms with Gasteiger partial charge < -0.3 is 10.1 Å². The maximum atomic E-state index is 12.3. The van der Waals surface area contributed by atoms with Crippen LogP contribution in [-0.4, -0.2) is 23.4 Å². The van der Waals surface area contributed by atoms with Gasteiger partial charge in [-0.25, -0.2) is 0 Å². The number of hydrogen-bond donors (Lipinski definition) is 2. The van der Waals surface area contributed by atoms with Gasteiger partial charge in [0.15, 0.2) is 10.9 Å². The van der Waals surface area contributed by atoms with Gasteiger partial charge in [0.1, 0.15) is 5.75 Å². The first kappa shape index (κ1) is 19.6. The van der Waals surface area contributed by atoms with Crippen molar-refractivity contribution in [3.8, 4) is 5.75 Å². The van der Waals surface area contributed by atoms with Crippen molar-refractivity contribution >= 4 is 34.7 Å². The normalized spacial score (nSPS) is 10.3. The highest BCUT2D eigenvalue weighted by Crippen LogP contribution is 2.14. The average molecular weight is 370 g/mol. The van der Waals surface area contributed by atoms with E-state index in [-0.39, 0.29) is 16.8 Å². The molecule has 1 amide bonds. The van der Waals surface area contributed by atoms with Gasteiger partial charge in [0.2, 0.25) is 0 Å². The first-order valence-electron chi connectivity index (χ1n) is 8.31. The Morgan fingerprint density at radius 2 is 1.77 bits per heavy atom. The van der Waals surface area contributed by atoms with Gasteiger partial charge in [-0.2, -0.15) is 0 Å². The molecule has 0 unspecified atom stereocenters. The largest absolute Gasteiger partial charge is 0.493 e. The van der Waals surface area contributed by atoms with Gasteiger partial charge >= 0.3 is 0 Å². The van der Waals surface area contributed by atoms with Crippen LogP contribution in [0.3, 0.4) is 0 Å². The van der Waals surface area contributed by atoms with Gasteiger partial charge in [-0.05, 0) is 61.5 Å². The molecule has 2 N–H and O–H groups in total. The molecular weight excluding hydrogens is 348 g/mol. The Bertz CT molecular complexity index is 801. The number of carbonyl (C=O) groups is 2. The summed E-state index contributed by atoms with van der Waals surface area (Å²) in [5, 5.41) is 5.69. The van der Waals surface area contributed by atoms with Crippen molar-refractivity contribution in [3.63, 3.8) is 0 Å². The highest BCUT2D eigenvalue weighted by atomic mass is 32.1. The number of thiocarbonyl (C=S) groups is 1. The first-order valence-corrected chi connectivity index (χ1v) is 8.72. The summed E-state index contributed by atoms with van der Waals surface area (Å²) in [6.07, 6.45) is 0. The lowest BCUT2D eigenvalue weighted by Crippen LogP contribution is -2.34. The fourth-order valence-electron chi connectivity index (χ4n) is 2.12. The van der Waals surface area contributed by atoms with Gasteiger partial charge in [0.25, 0.3) is 5.91 Å². The van der Waals surface area contributed by atoms with Crippen LogP contribution in [0.15, 0.2) is 48.5 Å². The van der Waals surface area contributed by atoms with Crippen molar-refractivity contribution in [2.24, 2.45) is 5.92 Å². The number of anilines is 1. The zero-order chi connectivity index (χ0) is 19.1. The molecule has 0 radical (unpaired) electrons. The third kappa shape index (κ3) is 5.97. The maximum Gasteiger partial charge on any atom is 0.257 e. The highest BCUT2D eigenvalue weighted by Gasteiger charge is 2.09. The van der Waals surface area contributed by atoms with Crippen LogP contribution in [0.4, 0.5) is 5.69 Å². The summed E-state index contributed by atoms with van der Waals surface area (Å²) < 4.78 is 5.60. The molecule has 6 heteroatoms. The lowest BCUT2D eigenvalue weighted by atomic mass is 10.1. The fourth-order valence-corrected chi connectivity index (χ4v) is 2.33. The Kier molecular flexibility index (Phi) is 6.86. The smallest absolute Gasteiger partial charge is 0.257 e. The molecule has 2 rings (SSSR count). The van der Waals surface area contributed by atoms with E-state index in [1.165, 1.54) is 6.92 Å². The number of ether oxygens (including phenoxy) is 1. The summed E-state index contributed by atoms with van der Waals surface area (Å²) in [5.74, 6) is 0.795. The van der Waals surface area contributed by atoms with Gasteiger partial charge in [-0.15, -0.1) is 0 Å². The number of Topliss-reactive ketones (excluding diaryl/α,β-unsaturated/α-hetero) is 1. The van der Waals surface area contributed by atoms with E-state index in [2.05, 4.69) is 24.5 Å². The Morgan fingerprint density at radius 1 is 1.08 bits per heavy atom. The van der Waals surface area contributed by atoms with Gasteiger partial charge in [0, 0.05) is 16.8 Å². The third-order valence-corrected chi connectivity index (χ3v) is 3.66.